The van der Waals surface area contributed by atoms with Crippen LogP contribution in [0, 0.1) is 0 Å². The zero-order valence-corrected chi connectivity index (χ0v) is 7.57. The summed E-state index contributed by atoms with van der Waals surface area (Å²) in [6, 6.07) is 7.30. The minimum Gasteiger partial charge on any atom is -0.494 e. The van der Waals surface area contributed by atoms with E-state index in [0.717, 1.165) is 10.9 Å². The van der Waals surface area contributed by atoms with E-state index in [1.807, 2.05) is 24.3 Å². The van der Waals surface area contributed by atoms with E-state index < -0.39 is 5.97 Å². The van der Waals surface area contributed by atoms with Crippen molar-refractivity contribution >= 4 is 16.9 Å². The molecule has 0 saturated carbocycles. The van der Waals surface area contributed by atoms with Gasteiger partial charge in [0.1, 0.15) is 0 Å². The summed E-state index contributed by atoms with van der Waals surface area (Å²) >= 11 is 0. The largest absolute Gasteiger partial charge is 0.494 e. The first kappa shape index (κ1) is 8.62. The first-order chi connectivity index (χ1) is 6.74. The molecule has 0 saturated heterocycles. The number of methoxy groups -OCH3 is 1. The van der Waals surface area contributed by atoms with Crippen LogP contribution in [0.1, 0.15) is 10.5 Å². The van der Waals surface area contributed by atoms with Gasteiger partial charge >= 0.3 is 5.97 Å². The number of carboxylic acid groups (broad SMARTS) is 1. The number of carboxylic acids is 1. The molecule has 0 unspecified atom stereocenters. The van der Waals surface area contributed by atoms with Crippen molar-refractivity contribution in [3.8, 4) is 5.75 Å². The van der Waals surface area contributed by atoms with Crippen LogP contribution in [0.25, 0.3) is 10.9 Å². The van der Waals surface area contributed by atoms with E-state index in [2.05, 4.69) is 4.98 Å². The van der Waals surface area contributed by atoms with Crippen molar-refractivity contribution in [1.29, 1.82) is 0 Å². The molecule has 0 spiro atoms. The van der Waals surface area contributed by atoms with Crippen molar-refractivity contribution in [2.24, 2.45) is 0 Å². The first-order valence-electron chi connectivity index (χ1n) is 4.12. The van der Waals surface area contributed by atoms with E-state index in [0.29, 0.717) is 5.75 Å². The Kier molecular flexibility index (Phi) is 1.89. The zero-order chi connectivity index (χ0) is 10.1. The number of ether oxygens (including phenoxy) is 1. The van der Waals surface area contributed by atoms with E-state index in [1.165, 1.54) is 7.11 Å². The zero-order valence-electron chi connectivity index (χ0n) is 7.57. The fraction of sp³-hybridized carbons (Fsp3) is 0.100. The highest BCUT2D eigenvalue weighted by molar-refractivity contribution is 6.00. The van der Waals surface area contributed by atoms with Gasteiger partial charge in [0, 0.05) is 10.9 Å². The number of carbonyl (C=O) groups is 1. The lowest BCUT2D eigenvalue weighted by molar-refractivity contribution is 0.0688. The number of aromatic nitrogens is 1. The molecule has 4 heteroatoms. The fourth-order valence-electron chi connectivity index (χ4n) is 1.48. The van der Waals surface area contributed by atoms with Gasteiger partial charge in [0.25, 0.3) is 0 Å². The Morgan fingerprint density at radius 1 is 1.43 bits per heavy atom. The van der Waals surface area contributed by atoms with Crippen LogP contribution in [0.15, 0.2) is 24.3 Å². The van der Waals surface area contributed by atoms with Crippen molar-refractivity contribution in [2.75, 3.05) is 7.11 Å². The molecule has 0 amide bonds. The minimum absolute atomic E-state index is 0.0914. The smallest absolute Gasteiger partial charge is 0.356 e. The molecule has 0 radical (unpaired) electrons. The number of nitrogens with one attached hydrogen (secondary N) is 1. The SMILES string of the molecule is COc1c(C(=O)O)[nH]c2ccccc12. The van der Waals surface area contributed by atoms with E-state index in [4.69, 9.17) is 9.84 Å². The predicted octanol–water partition coefficient (Wildman–Crippen LogP) is 1.87. The molecule has 2 rings (SSSR count). The molecule has 1 aromatic heterocycles. The molecule has 1 aromatic carbocycles. The summed E-state index contributed by atoms with van der Waals surface area (Å²) in [5.74, 6) is -0.633. The number of rotatable bonds is 2. The molecule has 0 aliphatic heterocycles. The van der Waals surface area contributed by atoms with Gasteiger partial charge < -0.3 is 14.8 Å². The quantitative estimate of drug-likeness (QED) is 0.761. The molecule has 0 aliphatic carbocycles. The van der Waals surface area contributed by atoms with Crippen LogP contribution in [-0.2, 0) is 0 Å². The molecule has 0 atom stereocenters. The molecule has 0 aliphatic rings. The number of para-hydroxylation sites is 1. The van der Waals surface area contributed by atoms with E-state index in [9.17, 15) is 4.79 Å². The Morgan fingerprint density at radius 2 is 2.14 bits per heavy atom. The number of benzene rings is 1. The Morgan fingerprint density at radius 3 is 2.79 bits per heavy atom. The predicted molar refractivity (Wildman–Crippen MR) is 51.8 cm³/mol. The van der Waals surface area contributed by atoms with Crippen molar-refractivity contribution in [3.63, 3.8) is 0 Å². The highest BCUT2D eigenvalue weighted by Crippen LogP contribution is 2.29. The third-order valence-electron chi connectivity index (χ3n) is 2.08. The van der Waals surface area contributed by atoms with Gasteiger partial charge in [-0.3, -0.25) is 0 Å². The minimum atomic E-state index is -1.02. The summed E-state index contributed by atoms with van der Waals surface area (Å²) in [4.78, 5) is 13.6. The molecule has 2 N–H and O–H groups in total. The molecule has 1 heterocycles. The van der Waals surface area contributed by atoms with Crippen LogP contribution in [0.3, 0.4) is 0 Å². The van der Waals surface area contributed by atoms with Crippen molar-refractivity contribution < 1.29 is 14.6 Å². The summed E-state index contributed by atoms with van der Waals surface area (Å²) < 4.78 is 5.05. The molecule has 0 bridgehead atoms. The third kappa shape index (κ3) is 1.12. The summed E-state index contributed by atoms with van der Waals surface area (Å²) in [6.45, 7) is 0. The molecule has 72 valence electrons. The summed E-state index contributed by atoms with van der Waals surface area (Å²) in [5.41, 5.74) is 0.857. The maximum Gasteiger partial charge on any atom is 0.356 e. The second-order valence-electron chi connectivity index (χ2n) is 2.88. The Hall–Kier alpha value is -1.97. The average molecular weight is 191 g/mol. The van der Waals surface area contributed by atoms with Crippen LogP contribution in [-0.4, -0.2) is 23.2 Å². The van der Waals surface area contributed by atoms with Gasteiger partial charge in [-0.2, -0.15) is 0 Å². The lowest BCUT2D eigenvalue weighted by Crippen LogP contribution is -1.98. The highest BCUT2D eigenvalue weighted by Gasteiger charge is 2.16. The highest BCUT2D eigenvalue weighted by atomic mass is 16.5. The molecular weight excluding hydrogens is 182 g/mol. The Labute approximate surface area is 80.1 Å². The Bertz CT molecular complexity index is 487. The summed E-state index contributed by atoms with van der Waals surface area (Å²) in [7, 11) is 1.46. The lowest BCUT2D eigenvalue weighted by Gasteiger charge is -1.97. The maximum absolute atomic E-state index is 10.8. The average Bonchev–Trinajstić information content (AvgIpc) is 2.56. The molecule has 14 heavy (non-hydrogen) atoms. The number of hydrogen-bond donors (Lipinski definition) is 2. The van der Waals surface area contributed by atoms with Gasteiger partial charge in [-0.25, -0.2) is 4.79 Å². The van der Waals surface area contributed by atoms with Gasteiger partial charge in [-0.15, -0.1) is 0 Å². The number of aromatic amines is 1. The van der Waals surface area contributed by atoms with Crippen LogP contribution in [0.2, 0.25) is 0 Å². The number of H-pyrrole nitrogens is 1. The van der Waals surface area contributed by atoms with Crippen LogP contribution in [0.4, 0.5) is 0 Å². The van der Waals surface area contributed by atoms with Crippen LogP contribution >= 0.6 is 0 Å². The maximum atomic E-state index is 10.8. The fourth-order valence-corrected chi connectivity index (χ4v) is 1.48. The van der Waals surface area contributed by atoms with Crippen molar-refractivity contribution in [2.45, 2.75) is 0 Å². The van der Waals surface area contributed by atoms with Gasteiger partial charge in [0.05, 0.1) is 7.11 Å². The standard InChI is InChI=1S/C10H9NO3/c1-14-9-6-4-2-3-5-7(6)11-8(9)10(12)13/h2-5,11H,1H3,(H,12,13). The number of fused-ring (bicyclic) bond motifs is 1. The van der Waals surface area contributed by atoms with E-state index in [-0.39, 0.29) is 5.69 Å². The van der Waals surface area contributed by atoms with Crippen molar-refractivity contribution in [3.05, 3.63) is 30.0 Å². The van der Waals surface area contributed by atoms with Gasteiger partial charge in [0.2, 0.25) is 0 Å². The normalized spacial score (nSPS) is 10.4. The molecule has 4 nitrogen and oxygen atoms in total. The Balaban J connectivity index is 2.78. The number of hydrogen-bond acceptors (Lipinski definition) is 2. The molecule has 0 fully saturated rings. The second-order valence-corrected chi connectivity index (χ2v) is 2.88. The van der Waals surface area contributed by atoms with E-state index >= 15 is 0 Å². The third-order valence-corrected chi connectivity index (χ3v) is 2.08. The molecular formula is C10H9NO3. The van der Waals surface area contributed by atoms with Gasteiger partial charge in [-0.1, -0.05) is 12.1 Å². The van der Waals surface area contributed by atoms with Crippen LogP contribution < -0.4 is 4.74 Å². The summed E-state index contributed by atoms with van der Waals surface area (Å²) in [6.07, 6.45) is 0. The number of aromatic carboxylic acids is 1. The lowest BCUT2D eigenvalue weighted by atomic mass is 10.2. The van der Waals surface area contributed by atoms with Gasteiger partial charge in [0.15, 0.2) is 11.4 Å². The van der Waals surface area contributed by atoms with Crippen LogP contribution in [0.5, 0.6) is 5.75 Å². The van der Waals surface area contributed by atoms with Gasteiger partial charge in [-0.05, 0) is 12.1 Å². The second kappa shape index (κ2) is 3.06. The summed E-state index contributed by atoms with van der Waals surface area (Å²) in [5, 5.41) is 9.67. The molecule has 2 aromatic rings. The first-order valence-corrected chi connectivity index (χ1v) is 4.12. The topological polar surface area (TPSA) is 62.3 Å². The monoisotopic (exact) mass is 191 g/mol. The van der Waals surface area contributed by atoms with Crippen molar-refractivity contribution in [1.82, 2.24) is 4.98 Å². The van der Waals surface area contributed by atoms with E-state index in [1.54, 1.807) is 0 Å².